The van der Waals surface area contributed by atoms with E-state index in [9.17, 15) is 13.2 Å². The molecular weight excluding hydrogens is 412 g/mol. The number of hydrogen-bond acceptors (Lipinski definition) is 6. The maximum absolute atomic E-state index is 12.8. The van der Waals surface area contributed by atoms with Gasteiger partial charge in [0.1, 0.15) is 0 Å². The smallest absolute Gasteiger partial charge is 0.251 e. The molecule has 1 N–H and O–H groups in total. The van der Waals surface area contributed by atoms with E-state index in [0.29, 0.717) is 17.1 Å². The second kappa shape index (κ2) is 9.26. The standard InChI is InChI=1S/C23H24N4O3S/c28-22(26-20-10-14-27(15-11-20)23-24-12-5-13-25-23)19-7-4-6-18(16-19)17-31(29,30)21-8-2-1-3-9-21/h1-9,12-13,16,20H,10-11,14-15,17H2,(H,26,28). The highest BCUT2D eigenvalue weighted by atomic mass is 32.2. The number of piperidine rings is 1. The van der Waals surface area contributed by atoms with Crippen LogP contribution in [0.5, 0.6) is 0 Å². The van der Waals surface area contributed by atoms with Gasteiger partial charge < -0.3 is 10.2 Å². The average molecular weight is 437 g/mol. The summed E-state index contributed by atoms with van der Waals surface area (Å²) in [5.74, 6) is 0.376. The van der Waals surface area contributed by atoms with Gasteiger partial charge in [0, 0.05) is 37.1 Å². The van der Waals surface area contributed by atoms with Gasteiger partial charge in [-0.1, -0.05) is 30.3 Å². The molecule has 0 aliphatic carbocycles. The molecule has 1 aliphatic heterocycles. The first-order valence-corrected chi connectivity index (χ1v) is 11.9. The fourth-order valence-electron chi connectivity index (χ4n) is 3.68. The zero-order valence-corrected chi connectivity index (χ0v) is 17.8. The van der Waals surface area contributed by atoms with Crippen molar-refractivity contribution in [2.75, 3.05) is 18.0 Å². The lowest BCUT2D eigenvalue weighted by Gasteiger charge is -2.32. The Bertz CT molecular complexity index is 1130. The highest BCUT2D eigenvalue weighted by Gasteiger charge is 2.23. The lowest BCUT2D eigenvalue weighted by Crippen LogP contribution is -2.45. The van der Waals surface area contributed by atoms with Crippen LogP contribution in [0.2, 0.25) is 0 Å². The van der Waals surface area contributed by atoms with Crippen molar-refractivity contribution in [2.24, 2.45) is 0 Å². The van der Waals surface area contributed by atoms with Crippen LogP contribution >= 0.6 is 0 Å². The SMILES string of the molecule is O=C(NC1CCN(c2ncccn2)CC1)c1cccc(CS(=O)(=O)c2ccccc2)c1. The summed E-state index contributed by atoms with van der Waals surface area (Å²) in [5.41, 5.74) is 1.06. The van der Waals surface area contributed by atoms with Gasteiger partial charge in [-0.15, -0.1) is 0 Å². The molecule has 4 rings (SSSR count). The molecule has 0 unspecified atom stereocenters. The zero-order chi connectivity index (χ0) is 21.7. The maximum atomic E-state index is 12.8. The minimum Gasteiger partial charge on any atom is -0.349 e. The first-order chi connectivity index (χ1) is 15.0. The molecule has 0 bridgehead atoms. The summed E-state index contributed by atoms with van der Waals surface area (Å²) < 4.78 is 25.3. The number of aromatic nitrogens is 2. The van der Waals surface area contributed by atoms with Gasteiger partial charge in [-0.05, 0) is 48.7 Å². The molecule has 3 aromatic rings. The number of carbonyl (C=O) groups excluding carboxylic acids is 1. The van der Waals surface area contributed by atoms with Crippen molar-refractivity contribution in [3.63, 3.8) is 0 Å². The van der Waals surface area contributed by atoms with E-state index in [1.54, 1.807) is 73.1 Å². The molecule has 7 nitrogen and oxygen atoms in total. The second-order valence-electron chi connectivity index (χ2n) is 7.56. The Balaban J connectivity index is 1.37. The molecule has 1 amide bonds. The average Bonchev–Trinajstić information content (AvgIpc) is 2.81. The molecule has 2 aromatic carbocycles. The van der Waals surface area contributed by atoms with Crippen LogP contribution in [0.4, 0.5) is 5.95 Å². The quantitative estimate of drug-likeness (QED) is 0.639. The van der Waals surface area contributed by atoms with Gasteiger partial charge in [0.25, 0.3) is 5.91 Å². The predicted octanol–water partition coefficient (Wildman–Crippen LogP) is 2.85. The van der Waals surface area contributed by atoms with E-state index in [-0.39, 0.29) is 22.6 Å². The van der Waals surface area contributed by atoms with Crippen molar-refractivity contribution >= 4 is 21.7 Å². The van der Waals surface area contributed by atoms with E-state index < -0.39 is 9.84 Å². The van der Waals surface area contributed by atoms with Gasteiger partial charge in [0.15, 0.2) is 9.84 Å². The summed E-state index contributed by atoms with van der Waals surface area (Å²) in [6, 6.07) is 17.0. The Morgan fingerprint density at radius 3 is 2.39 bits per heavy atom. The summed E-state index contributed by atoms with van der Waals surface area (Å²) >= 11 is 0. The monoisotopic (exact) mass is 436 g/mol. The molecule has 1 aromatic heterocycles. The first-order valence-electron chi connectivity index (χ1n) is 10.2. The highest BCUT2D eigenvalue weighted by molar-refractivity contribution is 7.90. The largest absolute Gasteiger partial charge is 0.349 e. The van der Waals surface area contributed by atoms with Crippen LogP contribution in [0.1, 0.15) is 28.8 Å². The number of carbonyl (C=O) groups is 1. The molecule has 160 valence electrons. The minimum absolute atomic E-state index is 0.0594. The highest BCUT2D eigenvalue weighted by Crippen LogP contribution is 2.18. The maximum Gasteiger partial charge on any atom is 0.251 e. The molecule has 0 saturated carbocycles. The summed E-state index contributed by atoms with van der Waals surface area (Å²) in [6.45, 7) is 1.54. The van der Waals surface area contributed by atoms with Crippen molar-refractivity contribution in [3.8, 4) is 0 Å². The van der Waals surface area contributed by atoms with Crippen molar-refractivity contribution in [1.82, 2.24) is 15.3 Å². The van der Waals surface area contributed by atoms with Crippen LogP contribution in [0, 0.1) is 0 Å². The van der Waals surface area contributed by atoms with Gasteiger partial charge in [-0.2, -0.15) is 0 Å². The Labute approximate surface area is 182 Å². The topological polar surface area (TPSA) is 92.3 Å². The van der Waals surface area contributed by atoms with E-state index in [4.69, 9.17) is 0 Å². The lowest BCUT2D eigenvalue weighted by molar-refractivity contribution is 0.0931. The first kappa shape index (κ1) is 21.0. The summed E-state index contributed by atoms with van der Waals surface area (Å²) in [6.07, 6.45) is 5.04. The number of hydrogen-bond donors (Lipinski definition) is 1. The van der Waals surface area contributed by atoms with Crippen LogP contribution in [0.3, 0.4) is 0 Å². The molecule has 1 saturated heterocycles. The molecular formula is C23H24N4O3S. The predicted molar refractivity (Wildman–Crippen MR) is 119 cm³/mol. The molecule has 8 heteroatoms. The van der Waals surface area contributed by atoms with Crippen LogP contribution in [-0.4, -0.2) is 43.4 Å². The third kappa shape index (κ3) is 5.27. The third-order valence-electron chi connectivity index (χ3n) is 5.31. The number of sulfone groups is 1. The van der Waals surface area contributed by atoms with Gasteiger partial charge in [0.05, 0.1) is 10.6 Å². The number of rotatable bonds is 6. The van der Waals surface area contributed by atoms with E-state index in [0.717, 1.165) is 25.9 Å². The molecule has 0 spiro atoms. The normalized spacial score (nSPS) is 14.9. The van der Waals surface area contributed by atoms with Gasteiger partial charge >= 0.3 is 0 Å². The van der Waals surface area contributed by atoms with Gasteiger partial charge in [-0.25, -0.2) is 18.4 Å². The fourth-order valence-corrected chi connectivity index (χ4v) is 5.04. The van der Waals surface area contributed by atoms with Crippen molar-refractivity contribution in [3.05, 3.63) is 84.2 Å². The van der Waals surface area contributed by atoms with Crippen molar-refractivity contribution < 1.29 is 13.2 Å². The molecule has 0 atom stereocenters. The Morgan fingerprint density at radius 2 is 1.68 bits per heavy atom. The minimum atomic E-state index is -3.46. The molecule has 1 fully saturated rings. The number of nitrogens with one attached hydrogen (secondary N) is 1. The van der Waals surface area contributed by atoms with E-state index in [1.807, 2.05) is 0 Å². The summed E-state index contributed by atoms with van der Waals surface area (Å²) in [7, 11) is -3.46. The van der Waals surface area contributed by atoms with Crippen LogP contribution in [-0.2, 0) is 15.6 Å². The number of benzene rings is 2. The van der Waals surface area contributed by atoms with Crippen LogP contribution in [0.15, 0.2) is 78.0 Å². The summed E-state index contributed by atoms with van der Waals surface area (Å²) in [5, 5.41) is 3.07. The van der Waals surface area contributed by atoms with Crippen molar-refractivity contribution in [2.45, 2.75) is 29.5 Å². The molecule has 31 heavy (non-hydrogen) atoms. The second-order valence-corrected chi connectivity index (χ2v) is 9.55. The van der Waals surface area contributed by atoms with E-state index >= 15 is 0 Å². The Kier molecular flexibility index (Phi) is 6.27. The number of anilines is 1. The van der Waals surface area contributed by atoms with Crippen LogP contribution < -0.4 is 10.2 Å². The van der Waals surface area contributed by atoms with Crippen molar-refractivity contribution in [1.29, 1.82) is 0 Å². The summed E-state index contributed by atoms with van der Waals surface area (Å²) in [4.78, 5) is 23.7. The molecule has 2 heterocycles. The lowest BCUT2D eigenvalue weighted by atomic mass is 10.0. The van der Waals surface area contributed by atoms with Gasteiger partial charge in [-0.3, -0.25) is 4.79 Å². The Hall–Kier alpha value is -3.26. The Morgan fingerprint density at radius 1 is 0.968 bits per heavy atom. The molecule has 1 aliphatic rings. The third-order valence-corrected chi connectivity index (χ3v) is 7.02. The molecule has 0 radical (unpaired) electrons. The van der Waals surface area contributed by atoms with E-state index in [1.165, 1.54) is 0 Å². The van der Waals surface area contributed by atoms with Crippen LogP contribution in [0.25, 0.3) is 0 Å². The zero-order valence-electron chi connectivity index (χ0n) is 17.0. The van der Waals surface area contributed by atoms with E-state index in [2.05, 4.69) is 20.2 Å². The fraction of sp³-hybridized carbons (Fsp3) is 0.261. The van der Waals surface area contributed by atoms with Gasteiger partial charge in [0.2, 0.25) is 5.95 Å². The number of nitrogens with zero attached hydrogens (tertiary/aromatic N) is 3. The number of amides is 1.